The van der Waals surface area contributed by atoms with E-state index in [2.05, 4.69) is 126 Å². The third-order valence-corrected chi connectivity index (χ3v) is 9.79. The first kappa shape index (κ1) is 23.9. The Balaban J connectivity index is 1.21. The zero-order chi connectivity index (χ0) is 28.8. The Morgan fingerprint density at radius 1 is 0.455 bits per heavy atom. The number of benzene rings is 6. The summed E-state index contributed by atoms with van der Waals surface area (Å²) in [5.41, 5.74) is 5.24. The van der Waals surface area contributed by atoms with Crippen molar-refractivity contribution in [3.63, 3.8) is 0 Å². The molecule has 6 aromatic carbocycles. The van der Waals surface area contributed by atoms with E-state index in [9.17, 15) is 0 Å². The molecule has 0 aliphatic carbocycles. The van der Waals surface area contributed by atoms with Crippen LogP contribution in [-0.4, -0.2) is 4.98 Å². The zero-order valence-corrected chi connectivity index (χ0v) is 24.1. The molecule has 206 valence electrons. The van der Waals surface area contributed by atoms with E-state index in [-0.39, 0.29) is 0 Å². The summed E-state index contributed by atoms with van der Waals surface area (Å²) in [4.78, 5) is 7.36. The van der Waals surface area contributed by atoms with Gasteiger partial charge in [0.05, 0.1) is 0 Å². The topological polar surface area (TPSA) is 42.4 Å². The van der Waals surface area contributed by atoms with Gasteiger partial charge >= 0.3 is 0 Å². The minimum atomic E-state index is 0.621. The average molecular weight is 583 g/mol. The molecule has 0 bridgehead atoms. The van der Waals surface area contributed by atoms with Crippen molar-refractivity contribution < 1.29 is 8.83 Å². The monoisotopic (exact) mass is 582 g/mol. The third-order valence-electron chi connectivity index (χ3n) is 8.66. The molecule has 0 amide bonds. The van der Waals surface area contributed by atoms with E-state index in [0.717, 1.165) is 60.9 Å². The van der Waals surface area contributed by atoms with Crippen LogP contribution < -0.4 is 4.90 Å². The lowest BCUT2D eigenvalue weighted by Gasteiger charge is -2.24. The Morgan fingerprint density at radius 2 is 1.14 bits per heavy atom. The predicted molar refractivity (Wildman–Crippen MR) is 184 cm³/mol. The summed E-state index contributed by atoms with van der Waals surface area (Å²) < 4.78 is 15.1. The van der Waals surface area contributed by atoms with Crippen molar-refractivity contribution in [3.8, 4) is 0 Å². The van der Waals surface area contributed by atoms with Gasteiger partial charge in [-0.2, -0.15) is 4.98 Å². The second-order valence-corrected chi connectivity index (χ2v) is 12.3. The number of anilines is 3. The van der Waals surface area contributed by atoms with Crippen molar-refractivity contribution in [2.45, 2.75) is 0 Å². The van der Waals surface area contributed by atoms with E-state index in [1.54, 1.807) is 0 Å². The first-order valence-corrected chi connectivity index (χ1v) is 15.4. The van der Waals surface area contributed by atoms with Gasteiger partial charge in [-0.25, -0.2) is 0 Å². The van der Waals surface area contributed by atoms with Gasteiger partial charge in [0, 0.05) is 53.1 Å². The molecular weight excluding hydrogens is 561 g/mol. The van der Waals surface area contributed by atoms with Crippen molar-refractivity contribution in [1.82, 2.24) is 4.98 Å². The summed E-state index contributed by atoms with van der Waals surface area (Å²) in [6, 6.07) is 46.8. The Labute approximate surface area is 255 Å². The van der Waals surface area contributed by atoms with E-state index in [1.165, 1.54) is 25.6 Å². The van der Waals surface area contributed by atoms with Crippen LogP contribution in [0.5, 0.6) is 0 Å². The minimum absolute atomic E-state index is 0.621. The molecular formula is C39H22N2O2S. The minimum Gasteiger partial charge on any atom is -0.456 e. The summed E-state index contributed by atoms with van der Waals surface area (Å²) >= 11 is 1.82. The number of hydrogen-bond acceptors (Lipinski definition) is 5. The second-order valence-electron chi connectivity index (χ2n) is 11.2. The summed E-state index contributed by atoms with van der Waals surface area (Å²) in [7, 11) is 0. The highest BCUT2D eigenvalue weighted by molar-refractivity contribution is 7.25. The van der Waals surface area contributed by atoms with E-state index in [0.29, 0.717) is 5.71 Å². The largest absolute Gasteiger partial charge is 0.456 e. The number of fused-ring (bicyclic) bond motifs is 10. The Hall–Kier alpha value is -5.65. The molecule has 0 fully saturated rings. The van der Waals surface area contributed by atoms with Crippen LogP contribution in [0.15, 0.2) is 142 Å². The number of hydrogen-bond donors (Lipinski definition) is 0. The molecule has 0 aliphatic rings. The van der Waals surface area contributed by atoms with Crippen LogP contribution in [0.3, 0.4) is 0 Å². The van der Waals surface area contributed by atoms with E-state index in [1.807, 2.05) is 23.5 Å². The van der Waals surface area contributed by atoms with Crippen LogP contribution in [0.4, 0.5) is 17.2 Å². The lowest BCUT2D eigenvalue weighted by Crippen LogP contribution is -2.11. The van der Waals surface area contributed by atoms with Crippen molar-refractivity contribution >= 4 is 103 Å². The van der Waals surface area contributed by atoms with Gasteiger partial charge in [-0.15, -0.1) is 11.3 Å². The molecule has 4 aromatic heterocycles. The van der Waals surface area contributed by atoms with Gasteiger partial charge < -0.3 is 8.83 Å². The van der Waals surface area contributed by atoms with Gasteiger partial charge in [-0.05, 0) is 77.5 Å². The second kappa shape index (κ2) is 8.93. The zero-order valence-electron chi connectivity index (χ0n) is 23.3. The van der Waals surface area contributed by atoms with Crippen molar-refractivity contribution in [2.24, 2.45) is 0 Å². The van der Waals surface area contributed by atoms with Gasteiger partial charge in [0.1, 0.15) is 22.6 Å². The number of pyridine rings is 1. The molecule has 10 rings (SSSR count). The van der Waals surface area contributed by atoms with Crippen LogP contribution >= 0.6 is 11.3 Å². The molecule has 0 saturated carbocycles. The Morgan fingerprint density at radius 3 is 2.07 bits per heavy atom. The van der Waals surface area contributed by atoms with Gasteiger partial charge in [-0.3, -0.25) is 4.90 Å². The molecule has 10 aromatic rings. The summed E-state index contributed by atoms with van der Waals surface area (Å²) in [5, 5.41) is 9.13. The average Bonchev–Trinajstić information content (AvgIpc) is 3.74. The number of rotatable bonds is 3. The SMILES string of the molecule is c1ccc2cc3c(cc2c1)oc1nc(N(c2ccc4c(c2)sc2ccccc24)c2ccc4oc5ccccc5c4c2)ccc13. The van der Waals surface area contributed by atoms with Crippen molar-refractivity contribution in [2.75, 3.05) is 4.90 Å². The lowest BCUT2D eigenvalue weighted by atomic mass is 10.1. The standard InChI is InChI=1S/C39H22N2O2S/c1-2-8-24-20-35-31(19-23(24)7-1)30-16-18-38(40-39(30)43-35)41(25-14-17-34-32(21-25)27-9-3-5-11-33(27)42-34)26-13-15-29-28-10-4-6-12-36(28)44-37(29)22-26/h1-22H. The van der Waals surface area contributed by atoms with Crippen LogP contribution in [0.2, 0.25) is 0 Å². The van der Waals surface area contributed by atoms with Crippen LogP contribution in [0, 0.1) is 0 Å². The molecule has 5 heteroatoms. The molecule has 4 heterocycles. The summed E-state index contributed by atoms with van der Waals surface area (Å²) in [5.74, 6) is 0.786. The van der Waals surface area contributed by atoms with E-state index < -0.39 is 0 Å². The molecule has 0 atom stereocenters. The lowest BCUT2D eigenvalue weighted by molar-refractivity contribution is 0.654. The van der Waals surface area contributed by atoms with Gasteiger partial charge in [-0.1, -0.05) is 66.7 Å². The molecule has 4 nitrogen and oxygen atoms in total. The van der Waals surface area contributed by atoms with Crippen molar-refractivity contribution in [1.29, 1.82) is 0 Å². The fourth-order valence-electron chi connectivity index (χ4n) is 6.58. The van der Waals surface area contributed by atoms with E-state index in [4.69, 9.17) is 13.8 Å². The fraction of sp³-hybridized carbons (Fsp3) is 0. The number of para-hydroxylation sites is 1. The fourth-order valence-corrected chi connectivity index (χ4v) is 7.72. The highest BCUT2D eigenvalue weighted by Gasteiger charge is 2.20. The molecule has 0 spiro atoms. The molecule has 0 unspecified atom stereocenters. The maximum atomic E-state index is 6.40. The maximum absolute atomic E-state index is 6.40. The maximum Gasteiger partial charge on any atom is 0.229 e. The quantitative estimate of drug-likeness (QED) is 0.208. The van der Waals surface area contributed by atoms with Gasteiger partial charge in [0.2, 0.25) is 5.71 Å². The third kappa shape index (κ3) is 3.47. The summed E-state index contributed by atoms with van der Waals surface area (Å²) in [6.45, 7) is 0. The number of nitrogens with zero attached hydrogens (tertiary/aromatic N) is 2. The molecule has 0 saturated heterocycles. The van der Waals surface area contributed by atoms with Gasteiger partial charge in [0.25, 0.3) is 0 Å². The van der Waals surface area contributed by atoms with Crippen molar-refractivity contribution in [3.05, 3.63) is 133 Å². The van der Waals surface area contributed by atoms with Gasteiger partial charge in [0.15, 0.2) is 0 Å². The molecule has 0 N–H and O–H groups in total. The Bertz CT molecular complexity index is 2750. The Kier molecular flexibility index (Phi) is 4.84. The molecule has 0 aliphatic heterocycles. The van der Waals surface area contributed by atoms with Crippen LogP contribution in [-0.2, 0) is 0 Å². The highest BCUT2D eigenvalue weighted by Crippen LogP contribution is 2.42. The van der Waals surface area contributed by atoms with Crippen LogP contribution in [0.1, 0.15) is 0 Å². The molecule has 0 radical (unpaired) electrons. The van der Waals surface area contributed by atoms with Crippen LogP contribution in [0.25, 0.3) is 75.0 Å². The number of thiophene rings is 1. The van der Waals surface area contributed by atoms with E-state index >= 15 is 0 Å². The number of furan rings is 2. The first-order chi connectivity index (χ1) is 21.8. The highest BCUT2D eigenvalue weighted by atomic mass is 32.1. The summed E-state index contributed by atoms with van der Waals surface area (Å²) in [6.07, 6.45) is 0. The normalized spacial score (nSPS) is 12.1. The first-order valence-electron chi connectivity index (χ1n) is 14.6. The predicted octanol–water partition coefficient (Wildman–Crippen LogP) is 11.9. The smallest absolute Gasteiger partial charge is 0.229 e. The molecule has 44 heavy (non-hydrogen) atoms. The number of aromatic nitrogens is 1.